The lowest BCUT2D eigenvalue weighted by atomic mass is 9.81. The number of halogens is 2. The van der Waals surface area contributed by atoms with Crippen molar-refractivity contribution in [3.8, 4) is 11.1 Å². The molecule has 0 heterocycles. The van der Waals surface area contributed by atoms with E-state index in [-0.39, 0.29) is 5.41 Å². The van der Waals surface area contributed by atoms with Crippen LogP contribution in [0.1, 0.15) is 51.3 Å². The monoisotopic (exact) mass is 510 g/mol. The van der Waals surface area contributed by atoms with E-state index in [1.807, 2.05) is 38.1 Å². The van der Waals surface area contributed by atoms with E-state index in [0.29, 0.717) is 24.4 Å². The van der Waals surface area contributed by atoms with Gasteiger partial charge in [-0.2, -0.15) is 0 Å². The van der Waals surface area contributed by atoms with Crippen molar-refractivity contribution in [3.05, 3.63) is 69.7 Å². The molecule has 0 saturated carbocycles. The Morgan fingerprint density at radius 1 is 1.10 bits per heavy atom. The summed E-state index contributed by atoms with van der Waals surface area (Å²) < 4.78 is 30.1. The molecule has 162 valence electrons. The molecular formula is C24H29BrFO2PS. The molecule has 3 rings (SSSR count). The minimum Gasteiger partial charge on any atom is -0.327 e. The highest BCUT2D eigenvalue weighted by molar-refractivity contribution is 9.10. The van der Waals surface area contributed by atoms with Gasteiger partial charge < -0.3 is 9.05 Å². The first-order valence-corrected chi connectivity index (χ1v) is 14.0. The highest BCUT2D eigenvalue weighted by Crippen LogP contribution is 2.69. The van der Waals surface area contributed by atoms with Crippen molar-refractivity contribution < 1.29 is 13.4 Å². The smallest absolute Gasteiger partial charge is 0.229 e. The van der Waals surface area contributed by atoms with Crippen molar-refractivity contribution in [3.63, 3.8) is 0 Å². The number of benzene rings is 2. The highest BCUT2D eigenvalue weighted by atomic mass is 79.9. The number of rotatable bonds is 7. The Kier molecular flexibility index (Phi) is 6.73. The van der Waals surface area contributed by atoms with E-state index in [2.05, 4.69) is 54.4 Å². The number of hydrogen-bond donors (Lipinski definition) is 0. The fourth-order valence-corrected chi connectivity index (χ4v) is 9.39. The maximum absolute atomic E-state index is 17.1. The van der Waals surface area contributed by atoms with Crippen LogP contribution >= 0.6 is 22.4 Å². The SMILES string of the molecule is C=S=P(OCC)(OCC)C(F)(C(=C)C)c1ccc2c(c1)C(C)(C)c1cc(Br)ccc1-2. The largest absolute Gasteiger partial charge is 0.327 e. The quantitative estimate of drug-likeness (QED) is 0.215. The first kappa shape index (κ1) is 23.7. The van der Waals surface area contributed by atoms with Gasteiger partial charge in [-0.3, -0.25) is 0 Å². The molecule has 0 radical (unpaired) electrons. The van der Waals surface area contributed by atoms with Gasteiger partial charge in [-0.1, -0.05) is 60.6 Å². The van der Waals surface area contributed by atoms with Crippen molar-refractivity contribution in [1.29, 1.82) is 0 Å². The zero-order valence-electron chi connectivity index (χ0n) is 18.2. The van der Waals surface area contributed by atoms with Crippen LogP contribution in [0.5, 0.6) is 0 Å². The third-order valence-electron chi connectivity index (χ3n) is 5.73. The highest BCUT2D eigenvalue weighted by Gasteiger charge is 2.51. The summed E-state index contributed by atoms with van der Waals surface area (Å²) in [4.78, 5) is 0. The lowest BCUT2D eigenvalue weighted by Crippen LogP contribution is -2.26. The summed E-state index contributed by atoms with van der Waals surface area (Å²) in [6.07, 6.45) is 0. The molecule has 2 aromatic carbocycles. The van der Waals surface area contributed by atoms with Crippen LogP contribution in [0.15, 0.2) is 53.0 Å². The van der Waals surface area contributed by atoms with Crippen molar-refractivity contribution >= 4 is 38.8 Å². The van der Waals surface area contributed by atoms with Crippen molar-refractivity contribution in [1.82, 2.24) is 0 Å². The van der Waals surface area contributed by atoms with Crippen LogP contribution in [-0.4, -0.2) is 19.1 Å². The van der Waals surface area contributed by atoms with Crippen molar-refractivity contribution in [2.24, 2.45) is 0 Å². The number of fused-ring (bicyclic) bond motifs is 3. The van der Waals surface area contributed by atoms with E-state index in [9.17, 15) is 0 Å². The Morgan fingerprint density at radius 2 is 1.63 bits per heavy atom. The average molecular weight is 511 g/mol. The van der Waals surface area contributed by atoms with Crippen LogP contribution in [-0.2, 0) is 30.4 Å². The van der Waals surface area contributed by atoms with Gasteiger partial charge in [0, 0.05) is 15.5 Å². The van der Waals surface area contributed by atoms with E-state index in [1.165, 1.54) is 11.1 Å². The van der Waals surface area contributed by atoms with E-state index >= 15 is 4.39 Å². The molecule has 0 aromatic heterocycles. The molecule has 0 bridgehead atoms. The molecule has 0 amide bonds. The third-order valence-corrected chi connectivity index (χ3v) is 11.6. The fraction of sp³-hybridized carbons (Fsp3) is 0.375. The second-order valence-corrected chi connectivity index (χ2v) is 13.5. The first-order chi connectivity index (χ1) is 14.1. The molecule has 0 fully saturated rings. The maximum atomic E-state index is 17.1. The van der Waals surface area contributed by atoms with E-state index in [1.54, 1.807) is 6.92 Å². The molecule has 6 heteroatoms. The third kappa shape index (κ3) is 3.43. The summed E-state index contributed by atoms with van der Waals surface area (Å²) >= 11 is 3.59. The molecule has 30 heavy (non-hydrogen) atoms. The maximum Gasteiger partial charge on any atom is 0.229 e. The van der Waals surface area contributed by atoms with E-state index < -0.39 is 11.9 Å². The van der Waals surface area contributed by atoms with Crippen LogP contribution in [0.4, 0.5) is 4.39 Å². The predicted octanol–water partition coefficient (Wildman–Crippen LogP) is 7.80. The number of allylic oxidation sites excluding steroid dienone is 1. The lowest BCUT2D eigenvalue weighted by Gasteiger charge is -2.38. The Balaban J connectivity index is 2.28. The zero-order chi connectivity index (χ0) is 22.3. The molecule has 1 unspecified atom stereocenters. The number of alkyl halides is 1. The van der Waals surface area contributed by atoms with Gasteiger partial charge in [0.2, 0.25) is 11.9 Å². The van der Waals surface area contributed by atoms with Crippen LogP contribution < -0.4 is 0 Å². The van der Waals surface area contributed by atoms with Gasteiger partial charge in [-0.25, -0.2) is 4.39 Å². The van der Waals surface area contributed by atoms with Gasteiger partial charge in [0.25, 0.3) is 0 Å². The minimum atomic E-state index is -3.09. The summed E-state index contributed by atoms with van der Waals surface area (Å²) in [5, 5.41) is -1.97. The molecule has 0 N–H and O–H groups in total. The van der Waals surface area contributed by atoms with Gasteiger partial charge in [0.1, 0.15) is 0 Å². The van der Waals surface area contributed by atoms with Gasteiger partial charge in [0.15, 0.2) is 0 Å². The molecule has 0 aliphatic heterocycles. The standard InChI is InChI=1S/C24H29BrFO2PS/c1-8-27-29(30-7,28-9-2)24(26,16(3)4)17-10-12-19-20-13-11-18(25)15-22(20)23(5,6)21(19)14-17/h10-15H,3,7-9H2,1-2,4-6H3. The topological polar surface area (TPSA) is 18.5 Å². The molecule has 2 aromatic rings. The summed E-state index contributed by atoms with van der Waals surface area (Å²) in [6.45, 7) is 11.4. The normalized spacial score (nSPS) is 16.5. The predicted molar refractivity (Wildman–Crippen MR) is 134 cm³/mol. The molecular weight excluding hydrogens is 482 g/mol. The van der Waals surface area contributed by atoms with Gasteiger partial charge >= 0.3 is 0 Å². The summed E-state index contributed by atoms with van der Waals surface area (Å²) in [7, 11) is 1.09. The second kappa shape index (κ2) is 8.52. The Labute approximate surface area is 191 Å². The molecule has 0 saturated heterocycles. The Morgan fingerprint density at radius 3 is 2.13 bits per heavy atom. The molecule has 1 aliphatic rings. The number of hydrogen-bond acceptors (Lipinski definition) is 2. The van der Waals surface area contributed by atoms with Crippen LogP contribution in [0.2, 0.25) is 0 Å². The zero-order valence-corrected chi connectivity index (χ0v) is 21.5. The van der Waals surface area contributed by atoms with E-state index in [0.717, 1.165) is 26.1 Å². The van der Waals surface area contributed by atoms with Gasteiger partial charge in [-0.15, -0.1) is 10.5 Å². The van der Waals surface area contributed by atoms with Crippen molar-refractivity contribution in [2.45, 2.75) is 45.4 Å². The van der Waals surface area contributed by atoms with E-state index in [4.69, 9.17) is 9.05 Å². The van der Waals surface area contributed by atoms with Gasteiger partial charge in [0.05, 0.1) is 13.2 Å². The molecule has 2 nitrogen and oxygen atoms in total. The Hall–Kier alpha value is -0.970. The Bertz CT molecular complexity index is 1080. The first-order valence-electron chi connectivity index (χ1n) is 10.0. The fourth-order valence-electron chi connectivity index (χ4n) is 4.27. The average Bonchev–Trinajstić information content (AvgIpc) is 2.93. The van der Waals surface area contributed by atoms with Crippen molar-refractivity contribution in [2.75, 3.05) is 13.2 Å². The minimum absolute atomic E-state index is 0.254. The van der Waals surface area contributed by atoms with Crippen LogP contribution in [0.25, 0.3) is 11.1 Å². The lowest BCUT2D eigenvalue weighted by molar-refractivity contribution is 0.201. The molecule has 0 spiro atoms. The van der Waals surface area contributed by atoms with Crippen LogP contribution in [0.3, 0.4) is 0 Å². The summed E-state index contributed by atoms with van der Waals surface area (Å²) in [5.41, 5.74) is 5.27. The summed E-state index contributed by atoms with van der Waals surface area (Å²) in [6, 6.07) is 12.2. The van der Waals surface area contributed by atoms with Gasteiger partial charge in [-0.05, 0) is 66.6 Å². The molecule has 1 aliphatic carbocycles. The summed E-state index contributed by atoms with van der Waals surface area (Å²) in [5.74, 6) is 3.94. The second-order valence-electron chi connectivity index (χ2n) is 7.94. The molecule has 1 atom stereocenters. The van der Waals surface area contributed by atoms with Crippen LogP contribution in [0, 0.1) is 0 Å².